The molecule has 3 rings (SSSR count). The number of fused-ring (bicyclic) bond motifs is 2. The molecule has 1 N–H and O–H groups in total. The molecule has 0 fully saturated rings. The second-order valence-corrected chi connectivity index (χ2v) is 5.25. The molecule has 19 heavy (non-hydrogen) atoms. The maximum atomic E-state index is 5.94. The van der Waals surface area contributed by atoms with Crippen LogP contribution in [0.5, 0.6) is 0 Å². The molecule has 0 radical (unpaired) electrons. The Bertz CT molecular complexity index is 706. The van der Waals surface area contributed by atoms with Gasteiger partial charge in [0.25, 0.3) is 0 Å². The van der Waals surface area contributed by atoms with Gasteiger partial charge in [0.15, 0.2) is 0 Å². The van der Waals surface area contributed by atoms with Crippen molar-refractivity contribution >= 4 is 21.9 Å². The summed E-state index contributed by atoms with van der Waals surface area (Å²) in [5, 5.41) is 5.60. The Balaban J connectivity index is 2.54. The monoisotopic (exact) mass is 257 g/mol. The minimum Gasteiger partial charge on any atom is -0.461 e. The molecule has 0 spiro atoms. The third-order valence-electron chi connectivity index (χ3n) is 3.86. The number of nitrogens with one attached hydrogen (secondary N) is 1. The zero-order valence-electron chi connectivity index (χ0n) is 12.0. The number of rotatable bonds is 2. The number of furan rings is 2. The van der Waals surface area contributed by atoms with Gasteiger partial charge in [0.1, 0.15) is 22.7 Å². The summed E-state index contributed by atoms with van der Waals surface area (Å²) in [4.78, 5) is 0. The molecule has 1 aromatic carbocycles. The predicted octanol–water partition coefficient (Wildman–Crippen LogP) is 4.38. The Morgan fingerprint density at radius 3 is 2.16 bits per heavy atom. The fourth-order valence-corrected chi connectivity index (χ4v) is 2.80. The van der Waals surface area contributed by atoms with E-state index in [-0.39, 0.29) is 6.04 Å². The van der Waals surface area contributed by atoms with Crippen LogP contribution in [0.15, 0.2) is 21.0 Å². The van der Waals surface area contributed by atoms with Crippen molar-refractivity contribution < 1.29 is 8.83 Å². The van der Waals surface area contributed by atoms with Gasteiger partial charge in [-0.25, -0.2) is 0 Å². The van der Waals surface area contributed by atoms with Gasteiger partial charge in [-0.2, -0.15) is 0 Å². The Morgan fingerprint density at radius 1 is 0.947 bits per heavy atom. The summed E-state index contributed by atoms with van der Waals surface area (Å²) < 4.78 is 11.8. The van der Waals surface area contributed by atoms with Gasteiger partial charge in [-0.05, 0) is 46.9 Å². The predicted molar refractivity (Wildman–Crippen MR) is 77.7 cm³/mol. The average molecular weight is 257 g/mol. The molecule has 0 aliphatic heterocycles. The number of hydrogen-bond acceptors (Lipinski definition) is 3. The van der Waals surface area contributed by atoms with Gasteiger partial charge in [-0.15, -0.1) is 0 Å². The van der Waals surface area contributed by atoms with Crippen LogP contribution >= 0.6 is 0 Å². The Labute approximate surface area is 112 Å². The Kier molecular flexibility index (Phi) is 2.68. The third-order valence-corrected chi connectivity index (χ3v) is 3.86. The summed E-state index contributed by atoms with van der Waals surface area (Å²) in [5.41, 5.74) is 4.29. The summed E-state index contributed by atoms with van der Waals surface area (Å²) in [6.07, 6.45) is 0. The van der Waals surface area contributed by atoms with Crippen molar-refractivity contribution in [3.63, 3.8) is 0 Å². The molecule has 3 nitrogen and oxygen atoms in total. The normalized spacial score (nSPS) is 13.5. The molecule has 2 aromatic heterocycles. The molecule has 0 saturated carbocycles. The maximum absolute atomic E-state index is 5.94. The van der Waals surface area contributed by atoms with E-state index in [4.69, 9.17) is 8.83 Å². The molecular formula is C16H19NO2. The van der Waals surface area contributed by atoms with E-state index in [0.717, 1.165) is 39.0 Å². The molecule has 0 bridgehead atoms. The molecule has 3 aromatic rings. The first-order valence-corrected chi connectivity index (χ1v) is 6.63. The van der Waals surface area contributed by atoms with E-state index in [1.807, 2.05) is 20.9 Å². The van der Waals surface area contributed by atoms with Crippen LogP contribution < -0.4 is 5.32 Å². The Hall–Kier alpha value is -1.74. The van der Waals surface area contributed by atoms with Crippen molar-refractivity contribution in [2.24, 2.45) is 0 Å². The van der Waals surface area contributed by atoms with Crippen molar-refractivity contribution in [1.29, 1.82) is 0 Å². The first-order chi connectivity index (χ1) is 9.02. The number of aryl methyl sites for hydroxylation is 3. The van der Waals surface area contributed by atoms with Crippen LogP contribution in [0.4, 0.5) is 0 Å². The van der Waals surface area contributed by atoms with Crippen LogP contribution in [0.25, 0.3) is 21.9 Å². The smallest absolute Gasteiger partial charge is 0.140 e. The molecule has 0 aliphatic carbocycles. The maximum Gasteiger partial charge on any atom is 0.140 e. The van der Waals surface area contributed by atoms with Crippen molar-refractivity contribution in [3.05, 3.63) is 34.8 Å². The summed E-state index contributed by atoms with van der Waals surface area (Å²) >= 11 is 0. The number of benzene rings is 1. The van der Waals surface area contributed by atoms with E-state index in [2.05, 4.69) is 31.3 Å². The highest BCUT2D eigenvalue weighted by Gasteiger charge is 2.21. The van der Waals surface area contributed by atoms with Gasteiger partial charge < -0.3 is 14.2 Å². The van der Waals surface area contributed by atoms with Crippen LogP contribution in [0.3, 0.4) is 0 Å². The second kappa shape index (κ2) is 4.14. The lowest BCUT2D eigenvalue weighted by Crippen LogP contribution is -2.13. The average Bonchev–Trinajstić information content (AvgIpc) is 2.92. The molecular weight excluding hydrogens is 238 g/mol. The highest BCUT2D eigenvalue weighted by molar-refractivity contribution is 6.02. The van der Waals surface area contributed by atoms with Gasteiger partial charge in [-0.1, -0.05) is 0 Å². The first-order valence-electron chi connectivity index (χ1n) is 6.63. The fraction of sp³-hybridized carbons (Fsp3) is 0.375. The molecule has 2 heterocycles. The largest absolute Gasteiger partial charge is 0.461 e. The molecule has 0 saturated heterocycles. The van der Waals surface area contributed by atoms with Crippen molar-refractivity contribution in [2.45, 2.75) is 33.7 Å². The zero-order valence-corrected chi connectivity index (χ0v) is 12.0. The lowest BCUT2D eigenvalue weighted by atomic mass is 9.97. The standard InChI is InChI=1S/C16H19NO2/c1-8-6-12-10(3)15-13(7-9(2)18-15)14(11(4)17-5)16(12)19-8/h6-7,11,17H,1-5H3. The SMILES string of the molecule is CNC(C)c1c2cc(C)oc2c(C)c2cc(C)oc12. The van der Waals surface area contributed by atoms with Crippen molar-refractivity contribution in [2.75, 3.05) is 7.05 Å². The topological polar surface area (TPSA) is 38.3 Å². The lowest BCUT2D eigenvalue weighted by Gasteiger charge is -2.13. The minimum atomic E-state index is 0.216. The summed E-state index contributed by atoms with van der Waals surface area (Å²) in [7, 11) is 1.96. The van der Waals surface area contributed by atoms with Crippen molar-refractivity contribution in [1.82, 2.24) is 5.32 Å². The quantitative estimate of drug-likeness (QED) is 0.740. The molecule has 1 unspecified atom stereocenters. The highest BCUT2D eigenvalue weighted by atomic mass is 16.3. The Morgan fingerprint density at radius 2 is 1.53 bits per heavy atom. The zero-order chi connectivity index (χ0) is 13.7. The second-order valence-electron chi connectivity index (χ2n) is 5.25. The van der Waals surface area contributed by atoms with Crippen LogP contribution in [-0.2, 0) is 0 Å². The first kappa shape index (κ1) is 12.3. The van der Waals surface area contributed by atoms with Crippen LogP contribution in [0, 0.1) is 20.8 Å². The van der Waals surface area contributed by atoms with Gasteiger partial charge in [0.2, 0.25) is 0 Å². The summed E-state index contributed by atoms with van der Waals surface area (Å²) in [6.45, 7) is 8.21. The van der Waals surface area contributed by atoms with Crippen LogP contribution in [0.1, 0.15) is 35.6 Å². The lowest BCUT2D eigenvalue weighted by molar-refractivity contribution is 0.561. The van der Waals surface area contributed by atoms with E-state index in [9.17, 15) is 0 Å². The third kappa shape index (κ3) is 1.69. The van der Waals surface area contributed by atoms with Crippen molar-refractivity contribution in [3.8, 4) is 0 Å². The van der Waals surface area contributed by atoms with Gasteiger partial charge in [0, 0.05) is 27.9 Å². The molecule has 3 heteroatoms. The van der Waals surface area contributed by atoms with Crippen LogP contribution in [-0.4, -0.2) is 7.05 Å². The molecule has 100 valence electrons. The van der Waals surface area contributed by atoms with Gasteiger partial charge in [0.05, 0.1) is 0 Å². The van der Waals surface area contributed by atoms with Crippen LogP contribution in [0.2, 0.25) is 0 Å². The van der Waals surface area contributed by atoms with Gasteiger partial charge in [-0.3, -0.25) is 0 Å². The molecule has 1 atom stereocenters. The fourth-order valence-electron chi connectivity index (χ4n) is 2.80. The van der Waals surface area contributed by atoms with E-state index in [0.29, 0.717) is 0 Å². The van der Waals surface area contributed by atoms with Gasteiger partial charge >= 0.3 is 0 Å². The van der Waals surface area contributed by atoms with E-state index < -0.39 is 0 Å². The summed E-state index contributed by atoms with van der Waals surface area (Å²) in [6, 6.07) is 4.41. The molecule has 0 aliphatic rings. The molecule has 0 amide bonds. The van der Waals surface area contributed by atoms with E-state index in [1.54, 1.807) is 0 Å². The highest BCUT2D eigenvalue weighted by Crippen LogP contribution is 2.38. The minimum absolute atomic E-state index is 0.216. The van der Waals surface area contributed by atoms with E-state index >= 15 is 0 Å². The summed E-state index contributed by atoms with van der Waals surface area (Å²) in [5.74, 6) is 1.87. The van der Waals surface area contributed by atoms with E-state index in [1.165, 1.54) is 5.56 Å². The number of hydrogen-bond donors (Lipinski definition) is 1.